The molecule has 0 spiro atoms. The number of fused-ring (bicyclic) bond motifs is 5. The van der Waals surface area contributed by atoms with Crippen LogP contribution in [0.2, 0.25) is 0 Å². The number of aliphatic hydroxyl groups is 3. The summed E-state index contributed by atoms with van der Waals surface area (Å²) in [6.45, 7) is 5.98. The number of carbonyl (C=O) groups is 1. The predicted molar refractivity (Wildman–Crippen MR) is 144 cm³/mol. The maximum atomic E-state index is 12.4. The normalized spacial score (nSPS) is 42.1. The number of hydrogen-bond donors (Lipinski definition) is 5. The fourth-order valence-corrected chi connectivity index (χ4v) is 9.66. The molecule has 0 saturated heterocycles. The van der Waals surface area contributed by atoms with Gasteiger partial charge in [0, 0.05) is 6.54 Å². The van der Waals surface area contributed by atoms with Crippen molar-refractivity contribution in [1.82, 2.24) is 5.32 Å². The first kappa shape index (κ1) is 34.2. The van der Waals surface area contributed by atoms with Crippen LogP contribution in [0.5, 0.6) is 0 Å². The molecule has 0 aliphatic heterocycles. The van der Waals surface area contributed by atoms with Crippen molar-refractivity contribution in [3.8, 4) is 0 Å². The summed E-state index contributed by atoms with van der Waals surface area (Å²) in [6, 6.07) is 0. The number of nitrogens with zero attached hydrogens (tertiary/aromatic N) is 1. The molecular weight excluding hydrogens is 547 g/mol. The van der Waals surface area contributed by atoms with E-state index in [2.05, 4.69) is 31.1 Å². The summed E-state index contributed by atoms with van der Waals surface area (Å²) in [5, 5.41) is 48.0. The molecule has 0 aromatic rings. The standard InChI is InChI=1S/C28H48N2O8S.Na/c1-16(4-7-24(34)30-15-25(35)29-10-11-39(36,37)38)19-5-6-20-26-21(14-23(33)28(19,20)3)27(2)9-8-18(31)12-17(27)13-22(26)32;/h16-23,26,31-33H,4-15H2,1-3H3,(H,29,35)(H,30,34)(H,36,37,38);/q;+1/p-1/t16-,17+,18-,19-,20?,21?,22-,23+,26?,27+,28-;/m1./s1. The van der Waals surface area contributed by atoms with Crippen LogP contribution >= 0.6 is 0 Å². The molecule has 0 aromatic heterocycles. The molecule has 5 N–H and O–H groups in total. The van der Waals surface area contributed by atoms with Crippen molar-refractivity contribution >= 4 is 21.9 Å². The average molecular weight is 595 g/mol. The second kappa shape index (κ2) is 13.2. The van der Waals surface area contributed by atoms with Crippen molar-refractivity contribution in [2.45, 2.75) is 96.9 Å². The fourth-order valence-electron chi connectivity index (χ4n) is 9.30. The quantitative estimate of drug-likeness (QED) is 0.0892. The minimum atomic E-state index is -4.17. The zero-order valence-corrected chi connectivity index (χ0v) is 27.3. The SMILES string of the molecule is C[C@H](CCC([O-])=NCC(=O)NCCS(=O)(=O)O)[C@H]1CCC2C3C(C[C@H](O)[C@@]21C)[C@@]1(C)CC[C@@H](O)C[C@H]1C[C@H]3O.[Na+]. The van der Waals surface area contributed by atoms with Gasteiger partial charge in [0.05, 0.1) is 24.1 Å². The van der Waals surface area contributed by atoms with Gasteiger partial charge in [-0.3, -0.25) is 14.3 Å². The van der Waals surface area contributed by atoms with Crippen LogP contribution in [-0.4, -0.2) is 77.2 Å². The molecule has 0 radical (unpaired) electrons. The van der Waals surface area contributed by atoms with Crippen LogP contribution < -0.4 is 40.0 Å². The third-order valence-corrected chi connectivity index (χ3v) is 12.1. The molecular formula is C28H47N2NaO8S. The van der Waals surface area contributed by atoms with Gasteiger partial charge < -0.3 is 25.7 Å². The Hall–Kier alpha value is -0.270. The Morgan fingerprint density at radius 3 is 2.48 bits per heavy atom. The average Bonchev–Trinajstić information content (AvgIpc) is 3.20. The van der Waals surface area contributed by atoms with Gasteiger partial charge in [0.2, 0.25) is 5.91 Å². The first-order chi connectivity index (χ1) is 18.2. The zero-order valence-electron chi connectivity index (χ0n) is 24.5. The third kappa shape index (κ3) is 6.93. The van der Waals surface area contributed by atoms with Crippen molar-refractivity contribution in [3.63, 3.8) is 0 Å². The van der Waals surface area contributed by atoms with E-state index >= 15 is 0 Å². The summed E-state index contributed by atoms with van der Waals surface area (Å²) in [5.74, 6) is -0.331. The summed E-state index contributed by atoms with van der Waals surface area (Å²) in [5.41, 5.74) is -0.312. The molecule has 40 heavy (non-hydrogen) atoms. The van der Waals surface area contributed by atoms with Crippen LogP contribution in [0.1, 0.15) is 78.6 Å². The van der Waals surface area contributed by atoms with Crippen LogP contribution in [0.4, 0.5) is 0 Å². The summed E-state index contributed by atoms with van der Waals surface area (Å²) in [4.78, 5) is 15.6. The Balaban J connectivity index is 0.00000441. The molecule has 4 saturated carbocycles. The molecule has 0 heterocycles. The molecule has 4 fully saturated rings. The molecule has 1 amide bonds. The molecule has 4 aliphatic rings. The van der Waals surface area contributed by atoms with Crippen LogP contribution in [-0.2, 0) is 14.9 Å². The number of amides is 1. The van der Waals surface area contributed by atoms with Gasteiger partial charge in [0.15, 0.2) is 0 Å². The molecule has 11 atom stereocenters. The van der Waals surface area contributed by atoms with Crippen molar-refractivity contribution in [2.75, 3.05) is 18.8 Å². The van der Waals surface area contributed by atoms with Crippen LogP contribution in [0.15, 0.2) is 4.99 Å². The van der Waals surface area contributed by atoms with Gasteiger partial charge in [0.25, 0.3) is 10.1 Å². The Morgan fingerprint density at radius 1 is 1.10 bits per heavy atom. The summed E-state index contributed by atoms with van der Waals surface area (Å²) in [7, 11) is -4.17. The molecule has 4 aliphatic carbocycles. The van der Waals surface area contributed by atoms with Gasteiger partial charge >= 0.3 is 29.6 Å². The van der Waals surface area contributed by atoms with E-state index in [9.17, 15) is 33.6 Å². The van der Waals surface area contributed by atoms with E-state index < -0.39 is 46.4 Å². The number of aliphatic hydroxyl groups excluding tert-OH is 3. The molecule has 0 bridgehead atoms. The van der Waals surface area contributed by atoms with Gasteiger partial charge in [-0.1, -0.05) is 20.8 Å². The maximum Gasteiger partial charge on any atom is 1.00 e. The van der Waals surface area contributed by atoms with Gasteiger partial charge in [-0.2, -0.15) is 8.42 Å². The van der Waals surface area contributed by atoms with Gasteiger partial charge in [-0.15, -0.1) is 0 Å². The second-order valence-corrected chi connectivity index (χ2v) is 15.0. The third-order valence-electron chi connectivity index (χ3n) is 11.4. The molecule has 10 nitrogen and oxygen atoms in total. The molecule has 0 aromatic carbocycles. The molecule has 3 unspecified atom stereocenters. The van der Waals surface area contributed by atoms with Crippen molar-refractivity contribution in [2.24, 2.45) is 51.3 Å². The minimum Gasteiger partial charge on any atom is -0.862 e. The van der Waals surface area contributed by atoms with Crippen LogP contribution in [0.25, 0.3) is 0 Å². The maximum absolute atomic E-state index is 12.4. The van der Waals surface area contributed by atoms with E-state index in [0.717, 1.165) is 38.5 Å². The molecule has 4 rings (SSSR count). The predicted octanol–water partition coefficient (Wildman–Crippen LogP) is -1.87. The number of hydrogen-bond acceptors (Lipinski definition) is 8. The zero-order chi connectivity index (χ0) is 28.8. The smallest absolute Gasteiger partial charge is 0.862 e. The monoisotopic (exact) mass is 594 g/mol. The van der Waals surface area contributed by atoms with Crippen molar-refractivity contribution < 1.29 is 67.7 Å². The van der Waals surface area contributed by atoms with E-state index in [0.29, 0.717) is 12.8 Å². The Labute approximate surface area is 260 Å². The first-order valence-corrected chi connectivity index (χ1v) is 16.2. The Bertz CT molecular complexity index is 1040. The largest absolute Gasteiger partial charge is 1.00 e. The second-order valence-electron chi connectivity index (χ2n) is 13.4. The van der Waals surface area contributed by atoms with E-state index in [1.54, 1.807) is 0 Å². The Morgan fingerprint density at radius 2 is 1.80 bits per heavy atom. The topological polar surface area (TPSA) is 180 Å². The van der Waals surface area contributed by atoms with Gasteiger partial charge in [0.1, 0.15) is 6.54 Å². The fraction of sp³-hybridized carbons (Fsp3) is 0.929. The first-order valence-electron chi connectivity index (χ1n) is 14.6. The molecule has 12 heteroatoms. The van der Waals surface area contributed by atoms with E-state index in [1.165, 1.54) is 0 Å². The number of rotatable bonds is 9. The van der Waals surface area contributed by atoms with E-state index in [-0.39, 0.29) is 95.0 Å². The summed E-state index contributed by atoms with van der Waals surface area (Å²) >= 11 is 0. The van der Waals surface area contributed by atoms with Crippen LogP contribution in [0.3, 0.4) is 0 Å². The summed E-state index contributed by atoms with van der Waals surface area (Å²) in [6.07, 6.45) is 5.30. The van der Waals surface area contributed by atoms with Gasteiger partial charge in [-0.05, 0) is 110 Å². The van der Waals surface area contributed by atoms with Crippen molar-refractivity contribution in [3.05, 3.63) is 0 Å². The van der Waals surface area contributed by atoms with E-state index in [4.69, 9.17) is 4.55 Å². The molecule has 224 valence electrons. The number of aliphatic imine (C=N–C) groups is 1. The van der Waals surface area contributed by atoms with Gasteiger partial charge in [-0.25, -0.2) is 0 Å². The van der Waals surface area contributed by atoms with Crippen molar-refractivity contribution in [1.29, 1.82) is 0 Å². The summed E-state index contributed by atoms with van der Waals surface area (Å²) < 4.78 is 30.2. The Kier molecular flexibility index (Phi) is 11.3. The van der Waals surface area contributed by atoms with E-state index in [1.807, 2.05) is 0 Å². The minimum absolute atomic E-state index is 0. The number of nitrogens with one attached hydrogen (secondary N) is 1. The number of carbonyl (C=O) groups excluding carboxylic acids is 1. The van der Waals surface area contributed by atoms with Crippen LogP contribution in [0, 0.1) is 46.3 Å².